The third kappa shape index (κ3) is 3.82. The third-order valence-electron chi connectivity index (χ3n) is 5.80. The molecule has 1 aliphatic heterocycles. The molecule has 2 fully saturated rings. The van der Waals surface area contributed by atoms with Gasteiger partial charge in [0, 0.05) is 25.3 Å². The first-order chi connectivity index (χ1) is 15.3. The van der Waals surface area contributed by atoms with Gasteiger partial charge in [-0.05, 0) is 43.7 Å². The van der Waals surface area contributed by atoms with Crippen LogP contribution in [0.2, 0.25) is 0 Å². The van der Waals surface area contributed by atoms with Crippen LogP contribution in [0.15, 0.2) is 34.9 Å². The summed E-state index contributed by atoms with van der Waals surface area (Å²) in [4.78, 5) is 10.7. The SMILES string of the molecule is Cc1noc(N2CC3CCC(C2)C3Nc2nc3c(O/C=C(\F)C(F)(F)F)cccn3n2)n1. The maximum Gasteiger partial charge on any atom is 0.446 e. The molecule has 170 valence electrons. The van der Waals surface area contributed by atoms with Crippen LogP contribution in [0.1, 0.15) is 18.7 Å². The lowest BCUT2D eigenvalue weighted by Gasteiger charge is -2.37. The molecular weight excluding hydrogens is 434 g/mol. The summed E-state index contributed by atoms with van der Waals surface area (Å²) in [6, 6.07) is 3.56. The average Bonchev–Trinajstić information content (AvgIpc) is 3.41. The molecule has 1 saturated heterocycles. The van der Waals surface area contributed by atoms with E-state index >= 15 is 0 Å². The van der Waals surface area contributed by atoms with E-state index in [0.29, 0.717) is 29.6 Å². The van der Waals surface area contributed by atoms with Crippen molar-refractivity contribution in [3.8, 4) is 5.75 Å². The maximum absolute atomic E-state index is 13.1. The molecule has 2 aliphatic rings. The molecule has 2 bridgehead atoms. The summed E-state index contributed by atoms with van der Waals surface area (Å²) in [6.07, 6.45) is -1.46. The van der Waals surface area contributed by atoms with E-state index in [2.05, 4.69) is 30.4 Å². The molecule has 1 saturated carbocycles. The van der Waals surface area contributed by atoms with E-state index in [4.69, 9.17) is 9.26 Å². The third-order valence-corrected chi connectivity index (χ3v) is 5.80. The van der Waals surface area contributed by atoms with Crippen molar-refractivity contribution in [1.82, 2.24) is 24.7 Å². The Kier molecular flexibility index (Phi) is 4.90. The highest BCUT2D eigenvalue weighted by Crippen LogP contribution is 2.39. The molecule has 3 aromatic heterocycles. The summed E-state index contributed by atoms with van der Waals surface area (Å²) in [5, 5.41) is 11.6. The summed E-state index contributed by atoms with van der Waals surface area (Å²) in [5.74, 6) is -0.844. The number of hydrogen-bond acceptors (Lipinski definition) is 8. The van der Waals surface area contributed by atoms with Crippen LogP contribution in [0.25, 0.3) is 5.65 Å². The van der Waals surface area contributed by atoms with Crippen LogP contribution >= 0.6 is 0 Å². The number of fused-ring (bicyclic) bond motifs is 3. The molecule has 13 heteroatoms. The molecule has 0 aromatic carbocycles. The molecule has 0 spiro atoms. The van der Waals surface area contributed by atoms with Crippen LogP contribution in [0.5, 0.6) is 5.75 Å². The van der Waals surface area contributed by atoms with Crippen LogP contribution in [0.4, 0.5) is 29.5 Å². The fourth-order valence-corrected chi connectivity index (χ4v) is 4.39. The first kappa shape index (κ1) is 20.5. The minimum atomic E-state index is -5.11. The predicted molar refractivity (Wildman–Crippen MR) is 104 cm³/mol. The van der Waals surface area contributed by atoms with Crippen molar-refractivity contribution in [1.29, 1.82) is 0 Å². The molecule has 1 aliphatic carbocycles. The second-order valence-electron chi connectivity index (χ2n) is 7.95. The Hall–Kier alpha value is -3.38. The van der Waals surface area contributed by atoms with Crippen molar-refractivity contribution in [2.75, 3.05) is 23.3 Å². The Morgan fingerprint density at radius 3 is 2.66 bits per heavy atom. The lowest BCUT2D eigenvalue weighted by atomic mass is 9.92. The van der Waals surface area contributed by atoms with E-state index in [0.717, 1.165) is 25.9 Å². The molecule has 4 heterocycles. The van der Waals surface area contributed by atoms with Crippen LogP contribution in [-0.4, -0.2) is 50.0 Å². The van der Waals surface area contributed by atoms with Gasteiger partial charge in [-0.3, -0.25) is 0 Å². The molecule has 9 nitrogen and oxygen atoms in total. The van der Waals surface area contributed by atoms with Crippen molar-refractivity contribution < 1.29 is 26.8 Å². The molecule has 2 unspecified atom stereocenters. The number of alkyl halides is 3. The zero-order valence-electron chi connectivity index (χ0n) is 16.9. The minimum Gasteiger partial charge on any atom is -0.458 e. The Labute approximate surface area is 179 Å². The van der Waals surface area contributed by atoms with E-state index in [-0.39, 0.29) is 23.7 Å². The van der Waals surface area contributed by atoms with E-state index < -0.39 is 12.0 Å². The van der Waals surface area contributed by atoms with Gasteiger partial charge in [-0.25, -0.2) is 4.52 Å². The van der Waals surface area contributed by atoms with Gasteiger partial charge in [0.1, 0.15) is 6.26 Å². The normalized spacial score (nSPS) is 23.7. The van der Waals surface area contributed by atoms with Gasteiger partial charge in [0.15, 0.2) is 17.2 Å². The van der Waals surface area contributed by atoms with Crippen molar-refractivity contribution >= 4 is 17.6 Å². The number of rotatable bonds is 5. The molecule has 0 amide bonds. The van der Waals surface area contributed by atoms with Gasteiger partial charge in [-0.1, -0.05) is 5.16 Å². The number of ether oxygens (including phenoxy) is 1. The first-order valence-corrected chi connectivity index (χ1v) is 10.0. The minimum absolute atomic E-state index is 0.0201. The number of halogens is 4. The quantitative estimate of drug-likeness (QED) is 0.464. The van der Waals surface area contributed by atoms with E-state index in [1.165, 1.54) is 16.6 Å². The fourth-order valence-electron chi connectivity index (χ4n) is 4.39. The predicted octanol–water partition coefficient (Wildman–Crippen LogP) is 3.50. The van der Waals surface area contributed by atoms with Crippen LogP contribution in [-0.2, 0) is 0 Å². The second kappa shape index (κ2) is 7.64. The average molecular weight is 453 g/mol. The van der Waals surface area contributed by atoms with E-state index in [1.807, 2.05) is 0 Å². The summed E-state index contributed by atoms with van der Waals surface area (Å²) < 4.78 is 61.7. The summed E-state index contributed by atoms with van der Waals surface area (Å²) in [7, 11) is 0. The Balaban J connectivity index is 1.32. The first-order valence-electron chi connectivity index (χ1n) is 10.0. The number of anilines is 2. The Morgan fingerprint density at radius 1 is 1.25 bits per heavy atom. The molecule has 5 rings (SSSR count). The number of pyridine rings is 1. The molecule has 0 radical (unpaired) electrons. The highest BCUT2D eigenvalue weighted by molar-refractivity contribution is 5.56. The topological polar surface area (TPSA) is 93.6 Å². The second-order valence-corrected chi connectivity index (χ2v) is 7.95. The zero-order valence-corrected chi connectivity index (χ0v) is 16.9. The van der Waals surface area contributed by atoms with Gasteiger partial charge in [0.2, 0.25) is 11.8 Å². The van der Waals surface area contributed by atoms with Gasteiger partial charge >= 0.3 is 12.2 Å². The number of hydrogen-bond donors (Lipinski definition) is 1. The van der Waals surface area contributed by atoms with Gasteiger partial charge in [0.05, 0.1) is 0 Å². The van der Waals surface area contributed by atoms with Crippen LogP contribution in [0, 0.1) is 18.8 Å². The number of aromatic nitrogens is 5. The molecule has 2 atom stereocenters. The highest BCUT2D eigenvalue weighted by atomic mass is 19.4. The standard InChI is InChI=1S/C19H19F4N7O2/c1-10-24-18(32-28-10)29-7-11-4-5-12(8-29)15(11)25-17-26-16-13(3-2-6-30(16)27-17)31-9-14(20)19(21,22)23/h2-3,6,9,11-12,15H,4-5,7-8H2,1H3,(H,25,27)/b14-9-. The Morgan fingerprint density at radius 2 is 2.00 bits per heavy atom. The number of nitrogens with zero attached hydrogens (tertiary/aromatic N) is 6. The monoisotopic (exact) mass is 453 g/mol. The van der Waals surface area contributed by atoms with E-state index in [1.54, 1.807) is 13.1 Å². The van der Waals surface area contributed by atoms with Gasteiger partial charge in [0.25, 0.3) is 0 Å². The lowest BCUT2D eigenvalue weighted by Crippen LogP contribution is -2.48. The fraction of sp³-hybridized carbons (Fsp3) is 0.474. The van der Waals surface area contributed by atoms with Crippen LogP contribution < -0.4 is 15.0 Å². The largest absolute Gasteiger partial charge is 0.458 e. The number of piperidine rings is 1. The summed E-state index contributed by atoms with van der Waals surface area (Å²) in [6.45, 7) is 3.27. The zero-order chi connectivity index (χ0) is 22.5. The van der Waals surface area contributed by atoms with E-state index in [9.17, 15) is 17.6 Å². The molecule has 1 N–H and O–H groups in total. The van der Waals surface area contributed by atoms with Crippen molar-refractivity contribution in [3.63, 3.8) is 0 Å². The van der Waals surface area contributed by atoms with Gasteiger partial charge < -0.3 is 19.5 Å². The highest BCUT2D eigenvalue weighted by Gasteiger charge is 2.43. The molecular formula is C19H19F4N7O2. The maximum atomic E-state index is 13.1. The van der Waals surface area contributed by atoms with Crippen molar-refractivity contribution in [2.45, 2.75) is 32.0 Å². The smallest absolute Gasteiger partial charge is 0.446 e. The molecule has 32 heavy (non-hydrogen) atoms. The number of allylic oxidation sites excluding steroid dienone is 1. The number of aryl methyl sites for hydroxylation is 1. The molecule has 3 aromatic rings. The van der Waals surface area contributed by atoms with Crippen molar-refractivity contribution in [3.05, 3.63) is 36.2 Å². The van der Waals surface area contributed by atoms with Crippen LogP contribution in [0.3, 0.4) is 0 Å². The summed E-state index contributed by atoms with van der Waals surface area (Å²) in [5.41, 5.74) is 0.173. The Bertz CT molecular complexity index is 1140. The number of nitrogens with one attached hydrogen (secondary N) is 1. The van der Waals surface area contributed by atoms with Gasteiger partial charge in [-0.15, -0.1) is 5.10 Å². The summed E-state index contributed by atoms with van der Waals surface area (Å²) >= 11 is 0. The van der Waals surface area contributed by atoms with Gasteiger partial charge in [-0.2, -0.15) is 27.5 Å². The lowest BCUT2D eigenvalue weighted by molar-refractivity contribution is -0.110. The van der Waals surface area contributed by atoms with Crippen molar-refractivity contribution in [2.24, 2.45) is 11.8 Å².